The van der Waals surface area contributed by atoms with E-state index in [-0.39, 0.29) is 11.7 Å². The first-order valence-electron chi connectivity index (χ1n) is 11.4. The first-order valence-corrected chi connectivity index (χ1v) is 14.1. The summed E-state index contributed by atoms with van der Waals surface area (Å²) in [4.78, 5) is 26.8. The number of carbonyl (C=O) groups excluding carboxylic acids is 2. The number of methoxy groups -OCH3 is 1. The molecule has 0 atom stereocenters. The number of rotatable bonds is 8. The number of esters is 1. The lowest BCUT2D eigenvalue weighted by molar-refractivity contribution is -0.113. The van der Waals surface area contributed by atoms with E-state index in [0.29, 0.717) is 21.6 Å². The number of anilines is 1. The minimum absolute atomic E-state index is 0.129. The standard InChI is InChI=1S/C26H28N4O3S3/c1-14(2)20-10-17(11-34-20)23-28-29-26(30(23)5)36-13-21(31)27-24-22(25(32)33-6)19(12-35-24)18-9-15(3)7-8-16(18)4/h7-12,14H,13H2,1-6H3,(H,27,31). The molecule has 0 aliphatic heterocycles. The van der Waals surface area contributed by atoms with E-state index < -0.39 is 5.97 Å². The highest BCUT2D eigenvalue weighted by atomic mass is 32.2. The van der Waals surface area contributed by atoms with Gasteiger partial charge in [0.2, 0.25) is 5.91 Å². The molecule has 4 rings (SSSR count). The fourth-order valence-electron chi connectivity index (χ4n) is 3.74. The number of amides is 1. The maximum Gasteiger partial charge on any atom is 0.341 e. The van der Waals surface area contributed by atoms with Gasteiger partial charge in [0.05, 0.1) is 12.9 Å². The van der Waals surface area contributed by atoms with Gasteiger partial charge in [-0.25, -0.2) is 4.79 Å². The highest BCUT2D eigenvalue weighted by Crippen LogP contribution is 2.38. The zero-order valence-electron chi connectivity index (χ0n) is 21.0. The van der Waals surface area contributed by atoms with Crippen LogP contribution in [0.5, 0.6) is 0 Å². The minimum atomic E-state index is -0.482. The molecule has 0 saturated heterocycles. The van der Waals surface area contributed by atoms with Crippen molar-refractivity contribution in [3.05, 3.63) is 56.6 Å². The zero-order chi connectivity index (χ0) is 26.0. The monoisotopic (exact) mass is 540 g/mol. The topological polar surface area (TPSA) is 86.1 Å². The molecule has 0 bridgehead atoms. The van der Waals surface area contributed by atoms with Gasteiger partial charge in [0, 0.05) is 33.8 Å². The lowest BCUT2D eigenvalue weighted by Crippen LogP contribution is -2.16. The van der Waals surface area contributed by atoms with Crippen LogP contribution in [0.25, 0.3) is 22.5 Å². The highest BCUT2D eigenvalue weighted by Gasteiger charge is 2.24. The van der Waals surface area contributed by atoms with Gasteiger partial charge in [-0.15, -0.1) is 32.9 Å². The number of nitrogens with zero attached hydrogens (tertiary/aromatic N) is 3. The van der Waals surface area contributed by atoms with Gasteiger partial charge < -0.3 is 14.6 Å². The number of ether oxygens (including phenoxy) is 1. The van der Waals surface area contributed by atoms with Crippen LogP contribution in [-0.4, -0.2) is 39.5 Å². The lowest BCUT2D eigenvalue weighted by Gasteiger charge is -2.10. The van der Waals surface area contributed by atoms with Crippen molar-refractivity contribution in [3.8, 4) is 22.5 Å². The number of hydrogen-bond acceptors (Lipinski definition) is 8. The Morgan fingerprint density at radius 1 is 1.11 bits per heavy atom. The number of thiophene rings is 2. The molecule has 188 valence electrons. The van der Waals surface area contributed by atoms with E-state index in [9.17, 15) is 9.59 Å². The van der Waals surface area contributed by atoms with Gasteiger partial charge in [-0.3, -0.25) is 4.79 Å². The molecule has 0 fully saturated rings. The smallest absolute Gasteiger partial charge is 0.341 e. The van der Waals surface area contributed by atoms with Crippen LogP contribution in [0.15, 0.2) is 40.2 Å². The van der Waals surface area contributed by atoms with Crippen LogP contribution >= 0.6 is 34.4 Å². The van der Waals surface area contributed by atoms with Crippen LogP contribution < -0.4 is 5.32 Å². The SMILES string of the molecule is COC(=O)c1c(-c2cc(C)ccc2C)csc1NC(=O)CSc1nnc(-c2csc(C(C)C)c2)n1C. The highest BCUT2D eigenvalue weighted by molar-refractivity contribution is 7.99. The number of carbonyl (C=O) groups is 2. The molecule has 3 heterocycles. The Hall–Kier alpha value is -2.95. The van der Waals surface area contributed by atoms with Crippen LogP contribution in [0, 0.1) is 13.8 Å². The summed E-state index contributed by atoms with van der Waals surface area (Å²) in [7, 11) is 3.24. The maximum atomic E-state index is 12.8. The van der Waals surface area contributed by atoms with Crippen LogP contribution in [-0.2, 0) is 16.6 Å². The summed E-state index contributed by atoms with van der Waals surface area (Å²) in [5.74, 6) is 0.637. The summed E-state index contributed by atoms with van der Waals surface area (Å²) in [5, 5.41) is 16.6. The number of hydrogen-bond donors (Lipinski definition) is 1. The van der Waals surface area contributed by atoms with Crippen LogP contribution in [0.4, 0.5) is 5.00 Å². The fraction of sp³-hybridized carbons (Fsp3) is 0.308. The molecular weight excluding hydrogens is 513 g/mol. The predicted molar refractivity (Wildman–Crippen MR) is 148 cm³/mol. The van der Waals surface area contributed by atoms with Crippen molar-refractivity contribution < 1.29 is 14.3 Å². The molecule has 7 nitrogen and oxygen atoms in total. The predicted octanol–water partition coefficient (Wildman–Crippen LogP) is 6.53. The van der Waals surface area contributed by atoms with E-state index in [4.69, 9.17) is 4.74 Å². The van der Waals surface area contributed by atoms with E-state index >= 15 is 0 Å². The van der Waals surface area contributed by atoms with Gasteiger partial charge >= 0.3 is 5.97 Å². The van der Waals surface area contributed by atoms with Gasteiger partial charge in [-0.2, -0.15) is 0 Å². The first-order chi connectivity index (χ1) is 17.2. The summed E-state index contributed by atoms with van der Waals surface area (Å²) in [6, 6.07) is 8.23. The fourth-order valence-corrected chi connectivity index (χ4v) is 6.32. The van der Waals surface area contributed by atoms with Crippen molar-refractivity contribution in [1.29, 1.82) is 0 Å². The third kappa shape index (κ3) is 5.40. The second-order valence-corrected chi connectivity index (χ2v) is 11.5. The molecule has 1 aromatic carbocycles. The van der Waals surface area contributed by atoms with Gasteiger partial charge in [0.1, 0.15) is 10.6 Å². The van der Waals surface area contributed by atoms with Crippen molar-refractivity contribution in [1.82, 2.24) is 14.8 Å². The molecular formula is C26H28N4O3S3. The van der Waals surface area contributed by atoms with Crippen molar-refractivity contribution >= 4 is 51.3 Å². The molecule has 0 aliphatic carbocycles. The Kier molecular flexibility index (Phi) is 7.97. The number of benzene rings is 1. The van der Waals surface area contributed by atoms with E-state index in [1.165, 1.54) is 35.1 Å². The first kappa shape index (κ1) is 26.1. The zero-order valence-corrected chi connectivity index (χ0v) is 23.5. The van der Waals surface area contributed by atoms with Gasteiger partial charge in [-0.1, -0.05) is 49.4 Å². The molecule has 0 saturated carbocycles. The Labute approximate surface area is 222 Å². The molecule has 0 unspecified atom stereocenters. The Balaban J connectivity index is 1.50. The summed E-state index contributed by atoms with van der Waals surface area (Å²) in [6.45, 7) is 8.33. The van der Waals surface area contributed by atoms with Crippen molar-refractivity contribution in [3.63, 3.8) is 0 Å². The molecule has 0 aliphatic rings. The number of aryl methyl sites for hydroxylation is 2. The average Bonchev–Trinajstić information content (AvgIpc) is 3.57. The molecule has 10 heteroatoms. The Bertz CT molecular complexity index is 1420. The molecule has 1 N–H and O–H groups in total. The molecule has 36 heavy (non-hydrogen) atoms. The second-order valence-electron chi connectivity index (χ2n) is 8.76. The van der Waals surface area contributed by atoms with E-state index in [1.54, 1.807) is 11.3 Å². The van der Waals surface area contributed by atoms with Gasteiger partial charge in [0.25, 0.3) is 0 Å². The second kappa shape index (κ2) is 11.0. The van der Waals surface area contributed by atoms with Crippen molar-refractivity contribution in [2.45, 2.75) is 38.8 Å². The van der Waals surface area contributed by atoms with Gasteiger partial charge in [-0.05, 0) is 37.0 Å². The van der Waals surface area contributed by atoms with Crippen molar-refractivity contribution in [2.75, 3.05) is 18.2 Å². The summed E-state index contributed by atoms with van der Waals surface area (Å²) >= 11 is 4.32. The molecule has 0 radical (unpaired) electrons. The van der Waals surface area contributed by atoms with Crippen molar-refractivity contribution in [2.24, 2.45) is 7.05 Å². The van der Waals surface area contributed by atoms with Crippen LogP contribution in [0.3, 0.4) is 0 Å². The Morgan fingerprint density at radius 3 is 2.58 bits per heavy atom. The van der Waals surface area contributed by atoms with E-state index in [1.807, 2.05) is 49.0 Å². The maximum absolute atomic E-state index is 12.8. The van der Waals surface area contributed by atoms with Crippen LogP contribution in [0.2, 0.25) is 0 Å². The van der Waals surface area contributed by atoms with Crippen LogP contribution in [0.1, 0.15) is 46.1 Å². The number of thioether (sulfide) groups is 1. The van der Waals surface area contributed by atoms with E-state index in [0.717, 1.165) is 33.6 Å². The summed E-state index contributed by atoms with van der Waals surface area (Å²) in [5.41, 5.74) is 5.23. The third-order valence-corrected chi connectivity index (χ3v) is 8.88. The largest absolute Gasteiger partial charge is 0.465 e. The molecule has 1 amide bonds. The minimum Gasteiger partial charge on any atom is -0.465 e. The quantitative estimate of drug-likeness (QED) is 0.202. The normalized spacial score (nSPS) is 11.2. The summed E-state index contributed by atoms with van der Waals surface area (Å²) < 4.78 is 6.94. The molecule has 0 spiro atoms. The lowest BCUT2D eigenvalue weighted by atomic mass is 9.97. The Morgan fingerprint density at radius 2 is 1.89 bits per heavy atom. The molecule has 3 aromatic heterocycles. The van der Waals surface area contributed by atoms with E-state index in [2.05, 4.69) is 40.8 Å². The third-order valence-electron chi connectivity index (χ3n) is 5.73. The van der Waals surface area contributed by atoms with Gasteiger partial charge in [0.15, 0.2) is 11.0 Å². The average molecular weight is 541 g/mol. The molecule has 4 aromatic rings. The number of nitrogens with one attached hydrogen (secondary N) is 1. The number of aromatic nitrogens is 3. The summed E-state index contributed by atoms with van der Waals surface area (Å²) in [6.07, 6.45) is 0.